The number of halogens is 2. The van der Waals surface area contributed by atoms with E-state index < -0.39 is 0 Å². The van der Waals surface area contributed by atoms with Crippen LogP contribution in [0.5, 0.6) is 0 Å². The number of rotatable bonds is 0. The van der Waals surface area contributed by atoms with Gasteiger partial charge in [0.1, 0.15) is 5.82 Å². The number of fused-ring (bicyclic) bond motifs is 1. The molecule has 0 spiro atoms. The van der Waals surface area contributed by atoms with Gasteiger partial charge in [-0.2, -0.15) is 0 Å². The third-order valence-corrected chi connectivity index (χ3v) is 1.82. The van der Waals surface area contributed by atoms with E-state index in [4.69, 9.17) is 11.6 Å². The summed E-state index contributed by atoms with van der Waals surface area (Å²) in [6.07, 6.45) is 1.54. The van der Waals surface area contributed by atoms with Gasteiger partial charge in [0.25, 0.3) is 0 Å². The standard InChI is InChI=1S/C9H5ClFN/c10-7-3-6-4-8(11)1-2-9(6)12-5-7/h1-5H. The van der Waals surface area contributed by atoms with Gasteiger partial charge in [-0.05, 0) is 24.3 Å². The molecular formula is C9H5ClFN. The summed E-state index contributed by atoms with van der Waals surface area (Å²) in [7, 11) is 0. The molecule has 1 aromatic heterocycles. The Kier molecular flexibility index (Phi) is 1.70. The Hall–Kier alpha value is -1.15. The van der Waals surface area contributed by atoms with E-state index in [-0.39, 0.29) is 5.82 Å². The summed E-state index contributed by atoms with van der Waals surface area (Å²) in [5, 5.41) is 1.25. The Morgan fingerprint density at radius 2 is 2.08 bits per heavy atom. The SMILES string of the molecule is Fc1ccc2ncc(Cl)cc2c1. The van der Waals surface area contributed by atoms with Crippen molar-refractivity contribution in [2.24, 2.45) is 0 Å². The number of hydrogen-bond acceptors (Lipinski definition) is 1. The average Bonchev–Trinajstić information content (AvgIpc) is 2.03. The molecular weight excluding hydrogens is 177 g/mol. The van der Waals surface area contributed by atoms with Crippen molar-refractivity contribution < 1.29 is 4.39 Å². The molecule has 0 aliphatic heterocycles. The zero-order chi connectivity index (χ0) is 8.55. The third-order valence-electron chi connectivity index (χ3n) is 1.61. The number of nitrogens with zero attached hydrogens (tertiary/aromatic N) is 1. The topological polar surface area (TPSA) is 12.9 Å². The van der Waals surface area contributed by atoms with E-state index >= 15 is 0 Å². The highest BCUT2D eigenvalue weighted by Crippen LogP contribution is 2.17. The van der Waals surface area contributed by atoms with Crippen molar-refractivity contribution in [2.75, 3.05) is 0 Å². The Morgan fingerprint density at radius 1 is 1.25 bits per heavy atom. The van der Waals surface area contributed by atoms with Crippen LogP contribution >= 0.6 is 11.6 Å². The molecule has 0 radical (unpaired) electrons. The lowest BCUT2D eigenvalue weighted by atomic mass is 10.2. The second kappa shape index (κ2) is 2.72. The summed E-state index contributed by atoms with van der Waals surface area (Å²) >= 11 is 5.69. The normalized spacial score (nSPS) is 10.5. The maximum absolute atomic E-state index is 12.7. The summed E-state index contributed by atoms with van der Waals surface area (Å²) in [4.78, 5) is 4.02. The van der Waals surface area contributed by atoms with Crippen LogP contribution in [0.4, 0.5) is 4.39 Å². The van der Waals surface area contributed by atoms with E-state index in [9.17, 15) is 4.39 Å². The van der Waals surface area contributed by atoms with Crippen LogP contribution in [0.1, 0.15) is 0 Å². The predicted octanol–water partition coefficient (Wildman–Crippen LogP) is 3.03. The highest BCUT2D eigenvalue weighted by Gasteiger charge is 1.96. The molecule has 2 aromatic rings. The zero-order valence-corrected chi connectivity index (χ0v) is 6.85. The molecule has 1 nitrogen and oxygen atoms in total. The van der Waals surface area contributed by atoms with Gasteiger partial charge in [-0.25, -0.2) is 4.39 Å². The minimum Gasteiger partial charge on any atom is -0.255 e. The van der Waals surface area contributed by atoms with Gasteiger partial charge >= 0.3 is 0 Å². The highest BCUT2D eigenvalue weighted by atomic mass is 35.5. The van der Waals surface area contributed by atoms with Crippen molar-refractivity contribution >= 4 is 22.5 Å². The van der Waals surface area contributed by atoms with Gasteiger partial charge in [-0.1, -0.05) is 11.6 Å². The minimum atomic E-state index is -0.272. The van der Waals surface area contributed by atoms with Crippen LogP contribution in [0.2, 0.25) is 5.02 Å². The zero-order valence-electron chi connectivity index (χ0n) is 6.09. The Morgan fingerprint density at radius 3 is 2.92 bits per heavy atom. The lowest BCUT2D eigenvalue weighted by Gasteiger charge is -1.96. The lowest BCUT2D eigenvalue weighted by Crippen LogP contribution is -1.79. The second-order valence-electron chi connectivity index (χ2n) is 2.49. The molecule has 0 N–H and O–H groups in total. The fraction of sp³-hybridized carbons (Fsp3) is 0. The van der Waals surface area contributed by atoms with Crippen LogP contribution in [0.3, 0.4) is 0 Å². The number of benzene rings is 1. The molecule has 0 aliphatic rings. The third kappa shape index (κ3) is 1.25. The van der Waals surface area contributed by atoms with Crippen molar-refractivity contribution in [1.29, 1.82) is 0 Å². The quantitative estimate of drug-likeness (QED) is 0.609. The molecule has 0 fully saturated rings. The van der Waals surface area contributed by atoms with E-state index in [2.05, 4.69) is 4.98 Å². The minimum absolute atomic E-state index is 0.272. The molecule has 12 heavy (non-hydrogen) atoms. The van der Waals surface area contributed by atoms with Crippen molar-refractivity contribution in [2.45, 2.75) is 0 Å². The van der Waals surface area contributed by atoms with E-state index in [0.29, 0.717) is 5.02 Å². The van der Waals surface area contributed by atoms with Crippen molar-refractivity contribution in [1.82, 2.24) is 4.98 Å². The Balaban J connectivity index is 2.80. The summed E-state index contributed by atoms with van der Waals surface area (Å²) in [5.41, 5.74) is 0.751. The fourth-order valence-corrected chi connectivity index (χ4v) is 1.24. The molecule has 2 rings (SSSR count). The molecule has 0 saturated carbocycles. The fourth-order valence-electron chi connectivity index (χ4n) is 1.08. The predicted molar refractivity (Wildman–Crippen MR) is 46.7 cm³/mol. The molecule has 60 valence electrons. The molecule has 0 amide bonds. The molecule has 0 unspecified atom stereocenters. The molecule has 1 heterocycles. The smallest absolute Gasteiger partial charge is 0.123 e. The van der Waals surface area contributed by atoms with Crippen LogP contribution in [0.25, 0.3) is 10.9 Å². The first-order valence-electron chi connectivity index (χ1n) is 3.46. The summed E-state index contributed by atoms with van der Waals surface area (Å²) in [6, 6.07) is 6.10. The monoisotopic (exact) mass is 181 g/mol. The first-order valence-corrected chi connectivity index (χ1v) is 3.84. The van der Waals surface area contributed by atoms with Gasteiger partial charge in [0.05, 0.1) is 10.5 Å². The van der Waals surface area contributed by atoms with Crippen LogP contribution in [0, 0.1) is 5.82 Å². The molecule has 1 aromatic carbocycles. The maximum atomic E-state index is 12.7. The van der Waals surface area contributed by atoms with Crippen LogP contribution in [0.15, 0.2) is 30.5 Å². The molecule has 0 atom stereocenters. The lowest BCUT2D eigenvalue weighted by molar-refractivity contribution is 0.629. The van der Waals surface area contributed by atoms with Crippen molar-refractivity contribution in [3.8, 4) is 0 Å². The van der Waals surface area contributed by atoms with Crippen LogP contribution < -0.4 is 0 Å². The van der Waals surface area contributed by atoms with Gasteiger partial charge in [0.2, 0.25) is 0 Å². The van der Waals surface area contributed by atoms with Crippen LogP contribution in [-0.2, 0) is 0 Å². The van der Waals surface area contributed by atoms with Gasteiger partial charge in [-0.3, -0.25) is 4.98 Å². The number of hydrogen-bond donors (Lipinski definition) is 0. The maximum Gasteiger partial charge on any atom is 0.123 e. The second-order valence-corrected chi connectivity index (χ2v) is 2.93. The first kappa shape index (κ1) is 7.50. The average molecular weight is 182 g/mol. The van der Waals surface area contributed by atoms with Gasteiger partial charge in [0, 0.05) is 11.6 Å². The van der Waals surface area contributed by atoms with E-state index in [1.807, 2.05) is 0 Å². The summed E-state index contributed by atoms with van der Waals surface area (Å²) < 4.78 is 12.7. The van der Waals surface area contributed by atoms with E-state index in [0.717, 1.165) is 10.9 Å². The first-order chi connectivity index (χ1) is 5.75. The van der Waals surface area contributed by atoms with Crippen molar-refractivity contribution in [3.05, 3.63) is 41.3 Å². The highest BCUT2D eigenvalue weighted by molar-refractivity contribution is 6.31. The van der Waals surface area contributed by atoms with Gasteiger partial charge in [0.15, 0.2) is 0 Å². The number of pyridine rings is 1. The molecule has 0 bridgehead atoms. The van der Waals surface area contributed by atoms with Crippen molar-refractivity contribution in [3.63, 3.8) is 0 Å². The Bertz CT molecular complexity index is 391. The van der Waals surface area contributed by atoms with Gasteiger partial charge in [-0.15, -0.1) is 0 Å². The van der Waals surface area contributed by atoms with Crippen LogP contribution in [-0.4, -0.2) is 4.98 Å². The molecule has 0 aliphatic carbocycles. The van der Waals surface area contributed by atoms with Gasteiger partial charge < -0.3 is 0 Å². The molecule has 0 saturated heterocycles. The van der Waals surface area contributed by atoms with E-state index in [1.165, 1.54) is 12.1 Å². The van der Waals surface area contributed by atoms with E-state index in [1.54, 1.807) is 18.3 Å². The number of aromatic nitrogens is 1. The molecule has 3 heteroatoms. The largest absolute Gasteiger partial charge is 0.255 e. The Labute approximate surface area is 73.8 Å². The summed E-state index contributed by atoms with van der Waals surface area (Å²) in [5.74, 6) is -0.272. The summed E-state index contributed by atoms with van der Waals surface area (Å²) in [6.45, 7) is 0.